The minimum Gasteiger partial charge on any atom is -0.447 e. The van der Waals surface area contributed by atoms with Gasteiger partial charge in [0.1, 0.15) is 6.61 Å². The lowest BCUT2D eigenvalue weighted by Crippen LogP contribution is -2.34. The molecule has 1 aliphatic heterocycles. The number of carbonyl (C=O) groups excluding carboxylic acids is 2. The van der Waals surface area contributed by atoms with Crippen LogP contribution in [0.1, 0.15) is 11.7 Å². The fraction of sp³-hybridized carbons (Fsp3) is 0.273. The molecule has 1 fully saturated rings. The van der Waals surface area contributed by atoms with Crippen molar-refractivity contribution in [2.24, 2.45) is 0 Å². The van der Waals surface area contributed by atoms with Gasteiger partial charge >= 0.3 is 6.09 Å². The Hall–Kier alpha value is -1.91. The molecule has 1 atom stereocenters. The van der Waals surface area contributed by atoms with Gasteiger partial charge in [-0.15, -0.1) is 0 Å². The Morgan fingerprint density at radius 2 is 2.06 bits per heavy atom. The van der Waals surface area contributed by atoms with E-state index in [0.717, 1.165) is 4.90 Å². The Balaban J connectivity index is 2.13. The van der Waals surface area contributed by atoms with Crippen molar-refractivity contribution in [1.29, 1.82) is 0 Å². The maximum absolute atomic E-state index is 13.8. The number of cyclic esters (lactones) is 1. The lowest BCUT2D eigenvalue weighted by atomic mass is 10.1. The zero-order chi connectivity index (χ0) is 11.5. The Labute approximate surface area is 91.6 Å². The predicted molar refractivity (Wildman–Crippen MR) is 53.4 cm³/mol. The first-order valence-electron chi connectivity index (χ1n) is 4.87. The van der Waals surface area contributed by atoms with E-state index in [4.69, 9.17) is 0 Å². The number of hydrogen-bond donors (Lipinski definition) is 0. The lowest BCUT2D eigenvalue weighted by molar-refractivity contribution is -0.133. The third kappa shape index (κ3) is 1.88. The summed E-state index contributed by atoms with van der Waals surface area (Å²) in [5.74, 6) is -0.867. The highest BCUT2D eigenvalue weighted by atomic mass is 19.1. The van der Waals surface area contributed by atoms with Crippen LogP contribution in [0.15, 0.2) is 30.3 Å². The molecule has 1 aliphatic rings. The highest BCUT2D eigenvalue weighted by molar-refractivity contribution is 5.95. The first-order valence-corrected chi connectivity index (χ1v) is 4.87. The molecule has 0 unspecified atom stereocenters. The van der Waals surface area contributed by atoms with Crippen molar-refractivity contribution in [1.82, 2.24) is 4.90 Å². The summed E-state index contributed by atoms with van der Waals surface area (Å²) in [5, 5.41) is 0. The van der Waals surface area contributed by atoms with Crippen LogP contribution in [0.2, 0.25) is 0 Å². The van der Waals surface area contributed by atoms with E-state index in [-0.39, 0.29) is 18.7 Å². The average molecular weight is 223 g/mol. The molecule has 5 heteroatoms. The van der Waals surface area contributed by atoms with Gasteiger partial charge in [-0.05, 0) is 5.56 Å². The summed E-state index contributed by atoms with van der Waals surface area (Å²) in [6.07, 6.45) is -2.59. The van der Waals surface area contributed by atoms with Gasteiger partial charge in [-0.3, -0.25) is 4.79 Å². The Kier molecular flexibility index (Phi) is 2.85. The SMILES string of the molecule is O=C1OCCN1C(=O)[C@H](F)c1ccccc1. The summed E-state index contributed by atoms with van der Waals surface area (Å²) in [5.41, 5.74) is 0.243. The van der Waals surface area contributed by atoms with E-state index in [9.17, 15) is 14.0 Å². The number of alkyl halides is 1. The number of hydrogen-bond acceptors (Lipinski definition) is 3. The van der Waals surface area contributed by atoms with Gasteiger partial charge in [0, 0.05) is 0 Å². The van der Waals surface area contributed by atoms with Crippen molar-refractivity contribution in [2.45, 2.75) is 6.17 Å². The molecule has 1 aromatic rings. The topological polar surface area (TPSA) is 46.6 Å². The zero-order valence-corrected chi connectivity index (χ0v) is 8.43. The van der Waals surface area contributed by atoms with Crippen LogP contribution in [0.4, 0.5) is 9.18 Å². The van der Waals surface area contributed by atoms with Crippen molar-refractivity contribution in [2.75, 3.05) is 13.2 Å². The number of halogens is 1. The zero-order valence-electron chi connectivity index (χ0n) is 8.43. The molecule has 2 rings (SSSR count). The van der Waals surface area contributed by atoms with E-state index in [1.165, 1.54) is 12.1 Å². The standard InChI is InChI=1S/C11H10FNO3/c12-9(8-4-2-1-3-5-8)10(14)13-6-7-16-11(13)15/h1-5,9H,6-7H2/t9-/m1/s1. The molecule has 0 N–H and O–H groups in total. The van der Waals surface area contributed by atoms with Crippen LogP contribution in [0, 0.1) is 0 Å². The van der Waals surface area contributed by atoms with E-state index in [0.29, 0.717) is 0 Å². The second-order valence-electron chi connectivity index (χ2n) is 3.38. The van der Waals surface area contributed by atoms with Crippen LogP contribution >= 0.6 is 0 Å². The molecule has 0 radical (unpaired) electrons. The second kappa shape index (κ2) is 4.30. The van der Waals surface area contributed by atoms with Crippen molar-refractivity contribution >= 4 is 12.0 Å². The van der Waals surface area contributed by atoms with E-state index in [1.54, 1.807) is 18.2 Å². The number of nitrogens with zero attached hydrogens (tertiary/aromatic N) is 1. The van der Waals surface area contributed by atoms with Crippen molar-refractivity contribution in [3.05, 3.63) is 35.9 Å². The Morgan fingerprint density at radius 3 is 2.62 bits per heavy atom. The Morgan fingerprint density at radius 1 is 1.38 bits per heavy atom. The van der Waals surface area contributed by atoms with E-state index < -0.39 is 18.2 Å². The summed E-state index contributed by atoms with van der Waals surface area (Å²) in [4.78, 5) is 23.5. The number of amides is 2. The van der Waals surface area contributed by atoms with Gasteiger partial charge < -0.3 is 4.74 Å². The number of carbonyl (C=O) groups is 2. The maximum atomic E-state index is 13.8. The summed E-state index contributed by atoms with van der Waals surface area (Å²) in [6.45, 7) is 0.247. The molecule has 2 amide bonds. The smallest absolute Gasteiger partial charge is 0.416 e. The van der Waals surface area contributed by atoms with Gasteiger partial charge in [0.25, 0.3) is 5.91 Å². The molecule has 0 aromatic heterocycles. The van der Waals surface area contributed by atoms with Crippen LogP contribution in [-0.2, 0) is 9.53 Å². The number of ether oxygens (including phenoxy) is 1. The highest BCUT2D eigenvalue weighted by Crippen LogP contribution is 2.21. The molecule has 0 aliphatic carbocycles. The first kappa shape index (κ1) is 10.6. The lowest BCUT2D eigenvalue weighted by Gasteiger charge is -2.14. The molecular formula is C11H10FNO3. The minimum absolute atomic E-state index is 0.116. The van der Waals surface area contributed by atoms with Gasteiger partial charge in [0.2, 0.25) is 6.17 Å². The predicted octanol–water partition coefficient (Wildman–Crippen LogP) is 1.68. The normalized spacial score (nSPS) is 17.1. The Bertz CT molecular complexity index is 407. The second-order valence-corrected chi connectivity index (χ2v) is 3.38. The molecule has 0 bridgehead atoms. The van der Waals surface area contributed by atoms with E-state index >= 15 is 0 Å². The van der Waals surface area contributed by atoms with Crippen LogP contribution < -0.4 is 0 Å². The van der Waals surface area contributed by atoms with Crippen molar-refractivity contribution in [3.63, 3.8) is 0 Å². The first-order chi connectivity index (χ1) is 7.70. The fourth-order valence-electron chi connectivity index (χ4n) is 1.50. The highest BCUT2D eigenvalue weighted by Gasteiger charge is 2.34. The fourth-order valence-corrected chi connectivity index (χ4v) is 1.50. The third-order valence-electron chi connectivity index (χ3n) is 2.34. The molecule has 0 saturated carbocycles. The van der Waals surface area contributed by atoms with Gasteiger partial charge in [-0.1, -0.05) is 30.3 Å². The molecule has 1 saturated heterocycles. The van der Waals surface area contributed by atoms with Crippen molar-refractivity contribution < 1.29 is 18.7 Å². The van der Waals surface area contributed by atoms with Gasteiger partial charge in [-0.2, -0.15) is 0 Å². The summed E-state index contributed by atoms with van der Waals surface area (Å²) in [6, 6.07) is 8.01. The van der Waals surface area contributed by atoms with Crippen LogP contribution in [-0.4, -0.2) is 30.1 Å². The maximum Gasteiger partial charge on any atom is 0.416 e. The summed E-state index contributed by atoms with van der Waals surface area (Å²) >= 11 is 0. The van der Waals surface area contributed by atoms with Crippen LogP contribution in [0.5, 0.6) is 0 Å². The van der Waals surface area contributed by atoms with Gasteiger partial charge in [0.05, 0.1) is 6.54 Å². The summed E-state index contributed by atoms with van der Waals surface area (Å²) in [7, 11) is 0. The van der Waals surface area contributed by atoms with Crippen LogP contribution in [0.25, 0.3) is 0 Å². The van der Waals surface area contributed by atoms with Gasteiger partial charge in [0.15, 0.2) is 0 Å². The molecule has 1 aromatic carbocycles. The van der Waals surface area contributed by atoms with Gasteiger partial charge in [-0.25, -0.2) is 14.1 Å². The van der Waals surface area contributed by atoms with E-state index in [2.05, 4.69) is 4.74 Å². The number of imide groups is 1. The third-order valence-corrected chi connectivity index (χ3v) is 2.34. The van der Waals surface area contributed by atoms with E-state index in [1.807, 2.05) is 0 Å². The molecule has 1 heterocycles. The monoisotopic (exact) mass is 223 g/mol. The minimum atomic E-state index is -1.81. The summed E-state index contributed by atoms with van der Waals surface area (Å²) < 4.78 is 18.3. The molecular weight excluding hydrogens is 213 g/mol. The number of rotatable bonds is 2. The van der Waals surface area contributed by atoms with Crippen LogP contribution in [0.3, 0.4) is 0 Å². The number of benzene rings is 1. The largest absolute Gasteiger partial charge is 0.447 e. The molecule has 0 spiro atoms. The molecule has 84 valence electrons. The molecule has 16 heavy (non-hydrogen) atoms. The average Bonchev–Trinajstić information content (AvgIpc) is 2.75. The quantitative estimate of drug-likeness (QED) is 0.766. The van der Waals surface area contributed by atoms with Crippen molar-refractivity contribution in [3.8, 4) is 0 Å². The molecule has 4 nitrogen and oxygen atoms in total.